The molecule has 2 amide bonds. The Morgan fingerprint density at radius 3 is 2.74 bits per heavy atom. The predicted molar refractivity (Wildman–Crippen MR) is 65.3 cm³/mol. The Kier molecular flexibility index (Phi) is 2.25. The van der Waals surface area contributed by atoms with Gasteiger partial charge in [-0.3, -0.25) is 14.6 Å². The molecule has 1 aliphatic rings. The summed E-state index contributed by atoms with van der Waals surface area (Å²) in [6, 6.07) is 5.12. The van der Waals surface area contributed by atoms with Crippen LogP contribution in [-0.2, 0) is 15.1 Å². The molecular formula is C12H11N3O4. The first kappa shape index (κ1) is 11.5. The number of aromatic amines is 1. The second-order valence-corrected chi connectivity index (χ2v) is 4.69. The third-order valence-corrected chi connectivity index (χ3v) is 3.25. The molecule has 2 aromatic rings. The zero-order valence-corrected chi connectivity index (χ0v) is 10.1. The summed E-state index contributed by atoms with van der Waals surface area (Å²) < 4.78 is 4.91. The van der Waals surface area contributed by atoms with Gasteiger partial charge in [0.25, 0.3) is 0 Å². The molecule has 1 aromatic carbocycles. The van der Waals surface area contributed by atoms with Crippen molar-refractivity contribution < 1.29 is 14.0 Å². The minimum Gasteiger partial charge on any atom is -0.408 e. The fourth-order valence-electron chi connectivity index (χ4n) is 2.16. The first-order valence-corrected chi connectivity index (χ1v) is 5.72. The molecule has 3 N–H and O–H groups in total. The van der Waals surface area contributed by atoms with Crippen LogP contribution in [0.3, 0.4) is 0 Å². The average molecular weight is 261 g/mol. The van der Waals surface area contributed by atoms with Crippen molar-refractivity contribution in [1.29, 1.82) is 0 Å². The Labute approximate surface area is 107 Å². The van der Waals surface area contributed by atoms with Gasteiger partial charge >= 0.3 is 17.6 Å². The molecule has 7 heteroatoms. The van der Waals surface area contributed by atoms with E-state index in [1.54, 1.807) is 25.1 Å². The fraction of sp³-hybridized carbons (Fsp3) is 0.250. The monoisotopic (exact) mass is 261 g/mol. The van der Waals surface area contributed by atoms with Crippen molar-refractivity contribution in [3.8, 4) is 0 Å². The molecule has 7 nitrogen and oxygen atoms in total. The van der Waals surface area contributed by atoms with Crippen LogP contribution in [0.15, 0.2) is 27.4 Å². The highest BCUT2D eigenvalue weighted by Gasteiger charge is 2.36. The molecule has 1 atom stereocenters. The molecule has 19 heavy (non-hydrogen) atoms. The maximum atomic E-state index is 11.5. The van der Waals surface area contributed by atoms with E-state index in [1.807, 2.05) is 0 Å². The largest absolute Gasteiger partial charge is 0.417 e. The van der Waals surface area contributed by atoms with E-state index in [9.17, 15) is 14.4 Å². The molecule has 1 unspecified atom stereocenters. The summed E-state index contributed by atoms with van der Waals surface area (Å²) in [6.45, 7) is 2.08. The fourth-order valence-corrected chi connectivity index (χ4v) is 2.16. The molecule has 0 aliphatic carbocycles. The van der Waals surface area contributed by atoms with Crippen LogP contribution < -0.4 is 16.4 Å². The number of nitrogens with one attached hydrogen (secondary N) is 3. The van der Waals surface area contributed by atoms with E-state index in [-0.39, 0.29) is 6.54 Å². The number of hydrogen-bond acceptors (Lipinski definition) is 4. The summed E-state index contributed by atoms with van der Waals surface area (Å²) >= 11 is 0. The lowest BCUT2D eigenvalue weighted by Gasteiger charge is -2.34. The van der Waals surface area contributed by atoms with E-state index >= 15 is 0 Å². The van der Waals surface area contributed by atoms with Gasteiger partial charge in [-0.1, -0.05) is 6.07 Å². The van der Waals surface area contributed by atoms with Gasteiger partial charge in [-0.25, -0.2) is 4.79 Å². The number of oxazole rings is 1. The summed E-state index contributed by atoms with van der Waals surface area (Å²) in [7, 11) is 0. The van der Waals surface area contributed by atoms with Gasteiger partial charge in [0.2, 0.25) is 0 Å². The molecule has 1 aliphatic heterocycles. The Hall–Kier alpha value is -2.57. The summed E-state index contributed by atoms with van der Waals surface area (Å²) in [4.78, 5) is 36.2. The van der Waals surface area contributed by atoms with Crippen molar-refractivity contribution >= 4 is 22.9 Å². The van der Waals surface area contributed by atoms with Crippen LogP contribution in [-0.4, -0.2) is 23.3 Å². The molecule has 0 bridgehead atoms. The van der Waals surface area contributed by atoms with Gasteiger partial charge in [-0.05, 0) is 24.6 Å². The SMILES string of the molecule is CC1(c2ccc3oc(=O)[nH]c3c2)CNC(=O)C(=O)N1. The number of aromatic nitrogens is 1. The smallest absolute Gasteiger partial charge is 0.408 e. The second-order valence-electron chi connectivity index (χ2n) is 4.69. The third-order valence-electron chi connectivity index (χ3n) is 3.25. The highest BCUT2D eigenvalue weighted by molar-refractivity contribution is 6.35. The molecule has 2 heterocycles. The van der Waals surface area contributed by atoms with Gasteiger partial charge in [0, 0.05) is 6.54 Å². The number of rotatable bonds is 1. The van der Waals surface area contributed by atoms with Gasteiger partial charge in [0.15, 0.2) is 5.58 Å². The molecule has 3 rings (SSSR count). The van der Waals surface area contributed by atoms with Crippen LogP contribution in [0.4, 0.5) is 0 Å². The highest BCUT2D eigenvalue weighted by atomic mass is 16.4. The molecule has 0 saturated carbocycles. The normalized spacial score (nSPS) is 23.2. The van der Waals surface area contributed by atoms with Crippen LogP contribution in [0.1, 0.15) is 12.5 Å². The van der Waals surface area contributed by atoms with Crippen molar-refractivity contribution in [1.82, 2.24) is 15.6 Å². The average Bonchev–Trinajstić information content (AvgIpc) is 2.73. The van der Waals surface area contributed by atoms with Crippen molar-refractivity contribution in [3.05, 3.63) is 34.3 Å². The van der Waals surface area contributed by atoms with E-state index in [2.05, 4.69) is 15.6 Å². The topological polar surface area (TPSA) is 104 Å². The number of piperazine rings is 1. The van der Waals surface area contributed by atoms with Gasteiger partial charge < -0.3 is 15.1 Å². The van der Waals surface area contributed by atoms with Crippen LogP contribution in [0.2, 0.25) is 0 Å². The quantitative estimate of drug-likeness (QED) is 0.606. The Bertz CT molecular complexity index is 745. The van der Waals surface area contributed by atoms with E-state index < -0.39 is 23.1 Å². The van der Waals surface area contributed by atoms with Gasteiger partial charge in [-0.15, -0.1) is 0 Å². The van der Waals surface area contributed by atoms with E-state index in [0.717, 1.165) is 5.56 Å². The lowest BCUT2D eigenvalue weighted by Crippen LogP contribution is -2.60. The van der Waals surface area contributed by atoms with Crippen molar-refractivity contribution in [2.75, 3.05) is 6.54 Å². The summed E-state index contributed by atoms with van der Waals surface area (Å²) in [6.07, 6.45) is 0. The summed E-state index contributed by atoms with van der Waals surface area (Å²) in [5.41, 5.74) is 1.05. The van der Waals surface area contributed by atoms with Crippen LogP contribution in [0.25, 0.3) is 11.1 Å². The van der Waals surface area contributed by atoms with Crippen LogP contribution in [0.5, 0.6) is 0 Å². The first-order chi connectivity index (χ1) is 8.98. The van der Waals surface area contributed by atoms with Crippen LogP contribution >= 0.6 is 0 Å². The number of carbonyl (C=O) groups excluding carboxylic acids is 2. The Morgan fingerprint density at radius 1 is 1.21 bits per heavy atom. The summed E-state index contributed by atoms with van der Waals surface area (Å²) in [5, 5.41) is 5.18. The number of hydrogen-bond donors (Lipinski definition) is 3. The molecule has 1 aromatic heterocycles. The first-order valence-electron chi connectivity index (χ1n) is 5.72. The van der Waals surface area contributed by atoms with Gasteiger partial charge in [-0.2, -0.15) is 0 Å². The van der Waals surface area contributed by atoms with Crippen molar-refractivity contribution in [3.63, 3.8) is 0 Å². The van der Waals surface area contributed by atoms with Gasteiger partial charge in [0.05, 0.1) is 11.1 Å². The lowest BCUT2D eigenvalue weighted by atomic mass is 9.90. The minimum absolute atomic E-state index is 0.283. The number of fused-ring (bicyclic) bond motifs is 1. The van der Waals surface area contributed by atoms with Gasteiger partial charge in [0.1, 0.15) is 0 Å². The zero-order valence-electron chi connectivity index (χ0n) is 10.1. The molecule has 1 fully saturated rings. The van der Waals surface area contributed by atoms with E-state index in [4.69, 9.17) is 4.42 Å². The molecule has 98 valence electrons. The number of H-pyrrole nitrogens is 1. The van der Waals surface area contributed by atoms with Crippen LogP contribution in [0, 0.1) is 0 Å². The maximum Gasteiger partial charge on any atom is 0.417 e. The lowest BCUT2D eigenvalue weighted by molar-refractivity contribution is -0.142. The molecule has 0 radical (unpaired) electrons. The van der Waals surface area contributed by atoms with E-state index in [0.29, 0.717) is 11.1 Å². The van der Waals surface area contributed by atoms with E-state index in [1.165, 1.54) is 0 Å². The van der Waals surface area contributed by atoms with Crippen molar-refractivity contribution in [2.45, 2.75) is 12.5 Å². The zero-order chi connectivity index (χ0) is 13.6. The molecule has 1 saturated heterocycles. The Morgan fingerprint density at radius 2 is 2.00 bits per heavy atom. The highest BCUT2D eigenvalue weighted by Crippen LogP contribution is 2.24. The third kappa shape index (κ3) is 1.79. The summed E-state index contributed by atoms with van der Waals surface area (Å²) in [5.74, 6) is -1.84. The minimum atomic E-state index is -0.715. The van der Waals surface area contributed by atoms with Crippen molar-refractivity contribution in [2.24, 2.45) is 0 Å². The standard InChI is InChI=1S/C12H11N3O4/c1-12(5-13-9(16)10(17)15-12)6-2-3-8-7(4-6)14-11(18)19-8/h2-4H,5H2,1H3,(H,13,16)(H,14,18)(H,15,17). The predicted octanol–water partition coefficient (Wildman–Crippen LogP) is -0.418. The maximum absolute atomic E-state index is 11.5. The Balaban J connectivity index is 2.05. The molecule has 0 spiro atoms. The number of benzene rings is 1. The second kappa shape index (κ2) is 3.71. The number of carbonyl (C=O) groups is 2. The number of amides is 2. The molecular weight excluding hydrogens is 250 g/mol.